The molecule has 2 nitrogen and oxygen atoms in total. The summed E-state index contributed by atoms with van der Waals surface area (Å²) < 4.78 is 2.48. The van der Waals surface area contributed by atoms with Gasteiger partial charge in [-0.05, 0) is 61.4 Å². The summed E-state index contributed by atoms with van der Waals surface area (Å²) in [4.78, 5) is 0. The van der Waals surface area contributed by atoms with E-state index in [2.05, 4.69) is 43.5 Å². The Kier molecular flexibility index (Phi) is 3.14. The van der Waals surface area contributed by atoms with Crippen LogP contribution in [-0.2, 0) is 13.0 Å². The van der Waals surface area contributed by atoms with E-state index in [1.54, 1.807) is 0 Å². The second kappa shape index (κ2) is 4.68. The van der Waals surface area contributed by atoms with Crippen molar-refractivity contribution < 1.29 is 0 Å². The number of hydrogen-bond donors (Lipinski definition) is 1. The molecule has 0 fully saturated rings. The van der Waals surface area contributed by atoms with Gasteiger partial charge in [-0.1, -0.05) is 19.9 Å². The molecule has 1 atom stereocenters. The van der Waals surface area contributed by atoms with Gasteiger partial charge in [-0.25, -0.2) is 0 Å². The highest BCUT2D eigenvalue weighted by Gasteiger charge is 2.20. The first-order valence-electron chi connectivity index (χ1n) is 7.44. The van der Waals surface area contributed by atoms with Gasteiger partial charge in [-0.3, -0.25) is 0 Å². The van der Waals surface area contributed by atoms with Crippen molar-refractivity contribution in [3.8, 4) is 0 Å². The first kappa shape index (κ1) is 12.7. The van der Waals surface area contributed by atoms with Gasteiger partial charge in [-0.2, -0.15) is 0 Å². The Bertz CT molecular complexity index is 607. The molecule has 1 aliphatic rings. The molecule has 0 amide bonds. The topological polar surface area (TPSA) is 30.9 Å². The zero-order valence-electron chi connectivity index (χ0n) is 12.2. The van der Waals surface area contributed by atoms with Crippen molar-refractivity contribution >= 4 is 10.9 Å². The van der Waals surface area contributed by atoms with Gasteiger partial charge >= 0.3 is 0 Å². The number of benzene rings is 1. The largest absolute Gasteiger partial charge is 0.345 e. The number of hydrogen-bond acceptors (Lipinski definition) is 1. The second-order valence-corrected chi connectivity index (χ2v) is 6.24. The minimum Gasteiger partial charge on any atom is -0.345 e. The molecule has 2 heterocycles. The van der Waals surface area contributed by atoms with Crippen LogP contribution in [0.1, 0.15) is 43.0 Å². The summed E-state index contributed by atoms with van der Waals surface area (Å²) in [6.45, 7) is 8.67. The molecule has 1 aromatic carbocycles. The zero-order chi connectivity index (χ0) is 13.6. The van der Waals surface area contributed by atoms with Crippen LogP contribution in [0.4, 0.5) is 0 Å². The van der Waals surface area contributed by atoms with Crippen molar-refractivity contribution in [2.45, 2.75) is 46.1 Å². The number of nitrogens with zero attached hydrogens (tertiary/aromatic N) is 1. The number of nitrogens with two attached hydrogens (primary N) is 1. The van der Waals surface area contributed by atoms with Gasteiger partial charge < -0.3 is 10.3 Å². The van der Waals surface area contributed by atoms with Crippen LogP contribution in [0.2, 0.25) is 0 Å². The molecule has 1 unspecified atom stereocenters. The maximum Gasteiger partial charge on any atom is 0.0515 e. The highest BCUT2D eigenvalue weighted by atomic mass is 15.0. The van der Waals surface area contributed by atoms with Crippen LogP contribution in [0.15, 0.2) is 18.2 Å². The van der Waals surface area contributed by atoms with Crippen LogP contribution in [0.25, 0.3) is 10.9 Å². The third kappa shape index (κ3) is 1.99. The van der Waals surface area contributed by atoms with Crippen molar-refractivity contribution in [1.29, 1.82) is 0 Å². The fourth-order valence-corrected chi connectivity index (χ4v) is 3.58. The molecule has 0 radical (unpaired) electrons. The summed E-state index contributed by atoms with van der Waals surface area (Å²) >= 11 is 0. The van der Waals surface area contributed by atoms with E-state index in [-0.39, 0.29) is 0 Å². The molecule has 2 heteroatoms. The number of aryl methyl sites for hydroxylation is 3. The number of aromatic nitrogens is 1. The van der Waals surface area contributed by atoms with Gasteiger partial charge in [0.05, 0.1) is 5.52 Å². The van der Waals surface area contributed by atoms with Crippen LogP contribution in [-0.4, -0.2) is 11.1 Å². The van der Waals surface area contributed by atoms with Crippen LogP contribution < -0.4 is 5.73 Å². The lowest BCUT2D eigenvalue weighted by Gasteiger charge is -2.23. The summed E-state index contributed by atoms with van der Waals surface area (Å²) in [7, 11) is 0. The van der Waals surface area contributed by atoms with Crippen molar-refractivity contribution in [2.24, 2.45) is 11.7 Å². The lowest BCUT2D eigenvalue weighted by Crippen LogP contribution is -2.18. The average Bonchev–Trinajstić information content (AvgIpc) is 2.68. The minimum absolute atomic E-state index is 0.478. The van der Waals surface area contributed by atoms with Crippen molar-refractivity contribution in [3.63, 3.8) is 0 Å². The molecule has 102 valence electrons. The standard InChI is InChI=1S/C17H24N2/c1-11(2)16(10-18)14-8-13-5-4-6-19-12(3)7-15(9-14)17(13)19/h7-9,11,16H,4-6,10,18H2,1-3H3. The summed E-state index contributed by atoms with van der Waals surface area (Å²) in [5.41, 5.74) is 11.8. The maximum absolute atomic E-state index is 5.99. The molecule has 0 spiro atoms. The van der Waals surface area contributed by atoms with Crippen molar-refractivity contribution in [1.82, 2.24) is 4.57 Å². The van der Waals surface area contributed by atoms with Gasteiger partial charge in [0.25, 0.3) is 0 Å². The van der Waals surface area contributed by atoms with E-state index in [0.29, 0.717) is 11.8 Å². The third-order valence-electron chi connectivity index (χ3n) is 4.62. The molecule has 19 heavy (non-hydrogen) atoms. The van der Waals surface area contributed by atoms with Crippen LogP contribution in [0, 0.1) is 12.8 Å². The van der Waals surface area contributed by atoms with E-state index in [4.69, 9.17) is 5.73 Å². The monoisotopic (exact) mass is 256 g/mol. The zero-order valence-corrected chi connectivity index (χ0v) is 12.2. The molecule has 1 aliphatic heterocycles. The van der Waals surface area contributed by atoms with Crippen molar-refractivity contribution in [2.75, 3.05) is 6.54 Å². The highest BCUT2D eigenvalue weighted by molar-refractivity contribution is 5.86. The predicted octanol–water partition coefficient (Wildman–Crippen LogP) is 3.59. The van der Waals surface area contributed by atoms with E-state index in [1.165, 1.54) is 47.1 Å². The Morgan fingerprint density at radius 3 is 2.74 bits per heavy atom. The summed E-state index contributed by atoms with van der Waals surface area (Å²) in [6, 6.07) is 7.11. The smallest absolute Gasteiger partial charge is 0.0515 e. The molecule has 2 aromatic rings. The average molecular weight is 256 g/mol. The van der Waals surface area contributed by atoms with E-state index in [1.807, 2.05) is 0 Å². The Labute approximate surface area is 115 Å². The fraction of sp³-hybridized carbons (Fsp3) is 0.529. The second-order valence-electron chi connectivity index (χ2n) is 6.24. The highest BCUT2D eigenvalue weighted by Crippen LogP contribution is 2.33. The molecule has 2 N–H and O–H groups in total. The lowest BCUT2D eigenvalue weighted by atomic mass is 9.86. The molecule has 0 saturated heterocycles. The first-order chi connectivity index (χ1) is 9.11. The molecule has 0 bridgehead atoms. The maximum atomic E-state index is 5.99. The minimum atomic E-state index is 0.478. The lowest BCUT2D eigenvalue weighted by molar-refractivity contribution is 0.506. The molecule has 1 aromatic heterocycles. The Morgan fingerprint density at radius 1 is 1.26 bits per heavy atom. The normalized spacial score (nSPS) is 16.3. The Hall–Kier alpha value is -1.28. The number of rotatable bonds is 3. The summed E-state index contributed by atoms with van der Waals surface area (Å²) in [5, 5.41) is 1.41. The third-order valence-corrected chi connectivity index (χ3v) is 4.62. The molecule has 0 aliphatic carbocycles. The summed E-state index contributed by atoms with van der Waals surface area (Å²) in [6.07, 6.45) is 2.47. The Morgan fingerprint density at radius 2 is 2.05 bits per heavy atom. The van der Waals surface area contributed by atoms with E-state index < -0.39 is 0 Å². The SMILES string of the molecule is Cc1cc2cc(C(CN)C(C)C)cc3c2n1CCC3. The first-order valence-corrected chi connectivity index (χ1v) is 7.44. The van der Waals surface area contributed by atoms with Gasteiger partial charge in [0.15, 0.2) is 0 Å². The van der Waals surface area contributed by atoms with Crippen molar-refractivity contribution in [3.05, 3.63) is 35.0 Å². The molecule has 3 rings (SSSR count). The molecular weight excluding hydrogens is 232 g/mol. The van der Waals surface area contributed by atoms with Crippen LogP contribution in [0.5, 0.6) is 0 Å². The van der Waals surface area contributed by atoms with E-state index in [9.17, 15) is 0 Å². The summed E-state index contributed by atoms with van der Waals surface area (Å²) in [5.74, 6) is 1.08. The molecule has 0 saturated carbocycles. The van der Waals surface area contributed by atoms with Gasteiger partial charge in [0.2, 0.25) is 0 Å². The van der Waals surface area contributed by atoms with Gasteiger partial charge in [0.1, 0.15) is 0 Å². The van der Waals surface area contributed by atoms with E-state index in [0.717, 1.165) is 6.54 Å². The fourth-order valence-electron chi connectivity index (χ4n) is 3.58. The van der Waals surface area contributed by atoms with E-state index >= 15 is 0 Å². The van der Waals surface area contributed by atoms with Crippen LogP contribution >= 0.6 is 0 Å². The predicted molar refractivity (Wildman–Crippen MR) is 81.6 cm³/mol. The quantitative estimate of drug-likeness (QED) is 0.894. The van der Waals surface area contributed by atoms with Gasteiger partial charge in [0, 0.05) is 17.6 Å². The Balaban J connectivity index is 2.19. The molecular formula is C17H24N2. The van der Waals surface area contributed by atoms with Gasteiger partial charge in [-0.15, -0.1) is 0 Å². The van der Waals surface area contributed by atoms with Crippen LogP contribution in [0.3, 0.4) is 0 Å².